The summed E-state index contributed by atoms with van der Waals surface area (Å²) in [5.41, 5.74) is 7.00. The Labute approximate surface area is 128 Å². The molecule has 0 amide bonds. The normalized spacial score (nSPS) is 10.8. The number of nitrogens with zero attached hydrogens (tertiary/aromatic N) is 2. The van der Waals surface area contributed by atoms with E-state index < -0.39 is 0 Å². The molecule has 3 aromatic rings. The Balaban J connectivity index is 2.10. The highest BCUT2D eigenvalue weighted by Gasteiger charge is 2.11. The summed E-state index contributed by atoms with van der Waals surface area (Å²) in [6.07, 6.45) is 0.865. The van der Waals surface area contributed by atoms with Crippen LogP contribution in [-0.2, 0) is 0 Å². The first-order valence-electron chi connectivity index (χ1n) is 7.28. The van der Waals surface area contributed by atoms with E-state index in [1.165, 1.54) is 0 Å². The van der Waals surface area contributed by atoms with E-state index in [1.54, 1.807) is 12.1 Å². The van der Waals surface area contributed by atoms with Crippen LogP contribution in [-0.4, -0.2) is 28.2 Å². The number of nitrogens with two attached hydrogens (primary N) is 1. The quantitative estimate of drug-likeness (QED) is 0.630. The minimum atomic E-state index is 0.172. The summed E-state index contributed by atoms with van der Waals surface area (Å²) in [5, 5.41) is 14.3. The molecule has 2 aromatic carbocycles. The largest absolute Gasteiger partial charge is 0.507 e. The molecule has 0 radical (unpaired) electrons. The minimum absolute atomic E-state index is 0.172. The number of hydrogen-bond donors (Lipinski definition) is 3. The van der Waals surface area contributed by atoms with Crippen LogP contribution in [0.1, 0.15) is 6.42 Å². The minimum Gasteiger partial charge on any atom is -0.507 e. The van der Waals surface area contributed by atoms with Gasteiger partial charge >= 0.3 is 0 Å². The summed E-state index contributed by atoms with van der Waals surface area (Å²) in [6, 6.07) is 14.9. The van der Waals surface area contributed by atoms with Gasteiger partial charge in [-0.05, 0) is 37.2 Å². The van der Waals surface area contributed by atoms with Gasteiger partial charge in [0.25, 0.3) is 0 Å². The maximum atomic E-state index is 10.0. The Morgan fingerprint density at radius 2 is 1.77 bits per heavy atom. The van der Waals surface area contributed by atoms with E-state index in [1.807, 2.05) is 36.4 Å². The van der Waals surface area contributed by atoms with Crippen molar-refractivity contribution < 1.29 is 5.11 Å². The van der Waals surface area contributed by atoms with Crippen molar-refractivity contribution in [2.75, 3.05) is 18.4 Å². The molecule has 112 valence electrons. The topological polar surface area (TPSA) is 84.1 Å². The van der Waals surface area contributed by atoms with Gasteiger partial charge in [0.15, 0.2) is 5.82 Å². The van der Waals surface area contributed by atoms with Crippen LogP contribution in [0, 0.1) is 0 Å². The number of anilines is 1. The van der Waals surface area contributed by atoms with E-state index in [-0.39, 0.29) is 5.75 Å². The van der Waals surface area contributed by atoms with Crippen molar-refractivity contribution in [2.45, 2.75) is 6.42 Å². The molecule has 0 fully saturated rings. The van der Waals surface area contributed by atoms with Gasteiger partial charge < -0.3 is 16.2 Å². The molecule has 1 heterocycles. The number of rotatable bonds is 5. The average molecular weight is 294 g/mol. The van der Waals surface area contributed by atoms with Crippen molar-refractivity contribution in [3.05, 3.63) is 48.5 Å². The number of hydrogen-bond acceptors (Lipinski definition) is 5. The van der Waals surface area contributed by atoms with Gasteiger partial charge in [0.05, 0.1) is 11.1 Å². The second-order valence-electron chi connectivity index (χ2n) is 5.00. The van der Waals surface area contributed by atoms with Gasteiger partial charge in [-0.1, -0.05) is 24.3 Å². The van der Waals surface area contributed by atoms with E-state index in [2.05, 4.69) is 15.3 Å². The van der Waals surface area contributed by atoms with Gasteiger partial charge in [-0.2, -0.15) is 0 Å². The predicted molar refractivity (Wildman–Crippen MR) is 88.8 cm³/mol. The van der Waals surface area contributed by atoms with Gasteiger partial charge in [-0.15, -0.1) is 0 Å². The Bertz CT molecular complexity index is 788. The Morgan fingerprint density at radius 3 is 2.59 bits per heavy atom. The van der Waals surface area contributed by atoms with Gasteiger partial charge in [-0.25, -0.2) is 9.97 Å². The molecule has 5 heteroatoms. The zero-order valence-corrected chi connectivity index (χ0v) is 12.2. The lowest BCUT2D eigenvalue weighted by Gasteiger charge is -2.11. The SMILES string of the molecule is NCCCNc1nc(-c2ccccc2O)nc2ccccc12. The number of benzene rings is 2. The maximum Gasteiger partial charge on any atom is 0.165 e. The predicted octanol–water partition coefficient (Wildman–Crippen LogP) is 2.76. The molecule has 5 nitrogen and oxygen atoms in total. The molecule has 0 aliphatic heterocycles. The van der Waals surface area contributed by atoms with Crippen molar-refractivity contribution in [1.82, 2.24) is 9.97 Å². The zero-order chi connectivity index (χ0) is 15.4. The van der Waals surface area contributed by atoms with Gasteiger partial charge in [0.1, 0.15) is 11.6 Å². The number of aromatic nitrogens is 2. The molecule has 0 bridgehead atoms. The highest BCUT2D eigenvalue weighted by Crippen LogP contribution is 2.29. The smallest absolute Gasteiger partial charge is 0.165 e. The summed E-state index contributed by atoms with van der Waals surface area (Å²) in [5.74, 6) is 1.44. The van der Waals surface area contributed by atoms with Crippen molar-refractivity contribution in [3.63, 3.8) is 0 Å². The first-order valence-corrected chi connectivity index (χ1v) is 7.28. The third-order valence-electron chi connectivity index (χ3n) is 3.42. The Kier molecular flexibility index (Phi) is 4.16. The van der Waals surface area contributed by atoms with Gasteiger partial charge in [-0.3, -0.25) is 0 Å². The third-order valence-corrected chi connectivity index (χ3v) is 3.42. The highest BCUT2D eigenvalue weighted by atomic mass is 16.3. The molecule has 0 aliphatic carbocycles. The Hall–Kier alpha value is -2.66. The van der Waals surface area contributed by atoms with Crippen LogP contribution in [0.3, 0.4) is 0 Å². The summed E-state index contributed by atoms with van der Waals surface area (Å²) >= 11 is 0. The molecule has 0 saturated heterocycles. The van der Waals surface area contributed by atoms with Gasteiger partial charge in [0.2, 0.25) is 0 Å². The van der Waals surface area contributed by atoms with Crippen LogP contribution in [0.4, 0.5) is 5.82 Å². The molecular weight excluding hydrogens is 276 g/mol. The monoisotopic (exact) mass is 294 g/mol. The molecule has 0 atom stereocenters. The average Bonchev–Trinajstić information content (AvgIpc) is 2.55. The van der Waals surface area contributed by atoms with Crippen LogP contribution in [0.2, 0.25) is 0 Å². The van der Waals surface area contributed by atoms with E-state index in [0.29, 0.717) is 17.9 Å². The number of aromatic hydroxyl groups is 1. The molecule has 0 spiro atoms. The molecule has 4 N–H and O–H groups in total. The maximum absolute atomic E-state index is 10.0. The van der Waals surface area contributed by atoms with E-state index in [9.17, 15) is 5.11 Å². The Morgan fingerprint density at radius 1 is 1.00 bits per heavy atom. The first-order chi connectivity index (χ1) is 10.8. The molecular formula is C17H18N4O. The number of fused-ring (bicyclic) bond motifs is 1. The van der Waals surface area contributed by atoms with Crippen LogP contribution in [0.15, 0.2) is 48.5 Å². The van der Waals surface area contributed by atoms with Crippen LogP contribution in [0.25, 0.3) is 22.3 Å². The van der Waals surface area contributed by atoms with Crippen molar-refractivity contribution in [3.8, 4) is 17.1 Å². The lowest BCUT2D eigenvalue weighted by atomic mass is 10.1. The van der Waals surface area contributed by atoms with Gasteiger partial charge in [0, 0.05) is 11.9 Å². The number of para-hydroxylation sites is 2. The zero-order valence-electron chi connectivity index (χ0n) is 12.2. The summed E-state index contributed by atoms with van der Waals surface area (Å²) in [4.78, 5) is 9.14. The lowest BCUT2D eigenvalue weighted by Crippen LogP contribution is -2.10. The lowest BCUT2D eigenvalue weighted by molar-refractivity contribution is 0.477. The summed E-state index contributed by atoms with van der Waals surface area (Å²) in [7, 11) is 0. The number of phenols is 1. The molecule has 0 saturated carbocycles. The van der Waals surface area contributed by atoms with E-state index in [4.69, 9.17) is 5.73 Å². The fourth-order valence-corrected chi connectivity index (χ4v) is 2.30. The molecule has 22 heavy (non-hydrogen) atoms. The number of nitrogens with one attached hydrogen (secondary N) is 1. The summed E-state index contributed by atoms with van der Waals surface area (Å²) in [6.45, 7) is 1.38. The highest BCUT2D eigenvalue weighted by molar-refractivity contribution is 5.90. The molecule has 0 aliphatic rings. The van der Waals surface area contributed by atoms with Crippen molar-refractivity contribution in [1.29, 1.82) is 0 Å². The fraction of sp³-hybridized carbons (Fsp3) is 0.176. The first kappa shape index (κ1) is 14.3. The third kappa shape index (κ3) is 2.84. The van der Waals surface area contributed by atoms with Crippen LogP contribution in [0.5, 0.6) is 5.75 Å². The van der Waals surface area contributed by atoms with Crippen LogP contribution < -0.4 is 11.1 Å². The summed E-state index contributed by atoms with van der Waals surface area (Å²) < 4.78 is 0. The van der Waals surface area contributed by atoms with Crippen molar-refractivity contribution in [2.24, 2.45) is 5.73 Å². The second kappa shape index (κ2) is 6.41. The molecule has 3 rings (SSSR count). The van der Waals surface area contributed by atoms with Crippen LogP contribution >= 0.6 is 0 Å². The second-order valence-corrected chi connectivity index (χ2v) is 5.00. The molecule has 0 unspecified atom stereocenters. The number of phenolic OH excluding ortho intramolecular Hbond substituents is 1. The fourth-order valence-electron chi connectivity index (χ4n) is 2.30. The standard InChI is InChI=1S/C17H18N4O/c18-10-5-11-19-16-12-6-1-3-8-14(12)20-17(21-16)13-7-2-4-9-15(13)22/h1-4,6-9,22H,5,10-11,18H2,(H,19,20,21). The molecule has 1 aromatic heterocycles. The van der Waals surface area contributed by atoms with E-state index in [0.717, 1.165) is 29.7 Å². The van der Waals surface area contributed by atoms with E-state index >= 15 is 0 Å². The van der Waals surface area contributed by atoms with Crippen molar-refractivity contribution >= 4 is 16.7 Å².